The molecule has 0 aliphatic rings. The van der Waals surface area contributed by atoms with Crippen molar-refractivity contribution in [2.24, 2.45) is 0 Å². The van der Waals surface area contributed by atoms with Gasteiger partial charge in [0, 0.05) is 38.3 Å². The number of nitrogens with zero attached hydrogens (tertiary/aromatic N) is 2. The van der Waals surface area contributed by atoms with Gasteiger partial charge in [-0.1, -0.05) is 44.2 Å². The van der Waals surface area contributed by atoms with Crippen LogP contribution in [0, 0.1) is 0 Å². The quantitative estimate of drug-likeness (QED) is 0.588. The molecule has 1 amide bonds. The molecular weight excluding hydrogens is 388 g/mol. The predicted molar refractivity (Wildman–Crippen MR) is 115 cm³/mol. The lowest BCUT2D eigenvalue weighted by atomic mass is 10.2. The first-order valence-corrected chi connectivity index (χ1v) is 10.9. The lowest BCUT2D eigenvalue weighted by molar-refractivity contribution is -0.125. The van der Waals surface area contributed by atoms with Crippen LogP contribution in [0.5, 0.6) is 5.75 Å². The van der Waals surface area contributed by atoms with Gasteiger partial charge in [0.2, 0.25) is 15.9 Å². The van der Waals surface area contributed by atoms with E-state index in [0.29, 0.717) is 19.6 Å². The first-order chi connectivity index (χ1) is 13.8. The van der Waals surface area contributed by atoms with E-state index >= 15 is 0 Å². The van der Waals surface area contributed by atoms with Crippen molar-refractivity contribution in [2.45, 2.75) is 25.3 Å². The molecule has 29 heavy (non-hydrogen) atoms. The summed E-state index contributed by atoms with van der Waals surface area (Å²) in [6.45, 7) is 4.89. The molecule has 0 saturated heterocycles. The van der Waals surface area contributed by atoms with Crippen LogP contribution in [0.15, 0.2) is 59.5 Å². The minimum absolute atomic E-state index is 0.157. The molecule has 2 rings (SSSR count). The molecule has 0 aliphatic heterocycles. The van der Waals surface area contributed by atoms with Crippen molar-refractivity contribution < 1.29 is 17.9 Å². The minimum Gasteiger partial charge on any atom is -0.496 e. The molecule has 6 nitrogen and oxygen atoms in total. The number of methoxy groups -OCH3 is 1. The Bertz CT molecular complexity index is 949. The van der Waals surface area contributed by atoms with E-state index in [0.717, 1.165) is 16.9 Å². The van der Waals surface area contributed by atoms with E-state index in [4.69, 9.17) is 4.74 Å². The summed E-state index contributed by atoms with van der Waals surface area (Å²) in [5, 5.41) is 0. The summed E-state index contributed by atoms with van der Waals surface area (Å²) in [4.78, 5) is 14.2. The van der Waals surface area contributed by atoms with E-state index in [9.17, 15) is 13.2 Å². The van der Waals surface area contributed by atoms with Crippen molar-refractivity contribution in [1.29, 1.82) is 0 Å². The second-order valence-corrected chi connectivity index (χ2v) is 8.44. The molecular formula is C22H28N2O4S. The van der Waals surface area contributed by atoms with Crippen LogP contribution >= 0.6 is 0 Å². The Hall–Kier alpha value is -2.64. The van der Waals surface area contributed by atoms with Crippen LogP contribution in [-0.4, -0.2) is 50.8 Å². The van der Waals surface area contributed by atoms with Crippen LogP contribution in [0.2, 0.25) is 0 Å². The average molecular weight is 417 g/mol. The Morgan fingerprint density at radius 2 is 1.66 bits per heavy atom. The molecule has 0 N–H and O–H groups in total. The van der Waals surface area contributed by atoms with Crippen LogP contribution in [-0.2, 0) is 21.4 Å². The smallest absolute Gasteiger partial charge is 0.246 e. The van der Waals surface area contributed by atoms with Gasteiger partial charge in [-0.15, -0.1) is 0 Å². The zero-order valence-corrected chi connectivity index (χ0v) is 18.1. The topological polar surface area (TPSA) is 66.9 Å². The minimum atomic E-state index is -3.48. The van der Waals surface area contributed by atoms with Gasteiger partial charge in [0.15, 0.2) is 0 Å². The lowest BCUT2D eigenvalue weighted by Gasteiger charge is -2.18. The van der Waals surface area contributed by atoms with E-state index in [2.05, 4.69) is 0 Å². The number of hydrogen-bond donors (Lipinski definition) is 0. The van der Waals surface area contributed by atoms with Gasteiger partial charge in [-0.3, -0.25) is 4.79 Å². The molecule has 0 radical (unpaired) electrons. The zero-order chi connectivity index (χ0) is 21.4. The van der Waals surface area contributed by atoms with Crippen LogP contribution in [0.4, 0.5) is 0 Å². The number of ether oxygens (including phenoxy) is 1. The van der Waals surface area contributed by atoms with Gasteiger partial charge < -0.3 is 9.64 Å². The Morgan fingerprint density at radius 3 is 2.24 bits per heavy atom. The molecule has 0 fully saturated rings. The van der Waals surface area contributed by atoms with Crippen molar-refractivity contribution in [3.8, 4) is 5.75 Å². The second-order valence-electron chi connectivity index (χ2n) is 6.50. The van der Waals surface area contributed by atoms with Crippen molar-refractivity contribution >= 4 is 22.0 Å². The van der Waals surface area contributed by atoms with E-state index in [-0.39, 0.29) is 10.8 Å². The average Bonchev–Trinajstić information content (AvgIpc) is 2.73. The van der Waals surface area contributed by atoms with Gasteiger partial charge >= 0.3 is 0 Å². The molecule has 0 aromatic heterocycles. The number of carbonyl (C=O) groups is 1. The number of rotatable bonds is 9. The molecule has 0 atom stereocenters. The lowest BCUT2D eigenvalue weighted by Crippen LogP contribution is -2.30. The number of carbonyl (C=O) groups excluding carboxylic acids is 1. The van der Waals surface area contributed by atoms with Gasteiger partial charge in [-0.25, -0.2) is 8.42 Å². The van der Waals surface area contributed by atoms with Crippen molar-refractivity contribution in [3.05, 3.63) is 65.7 Å². The van der Waals surface area contributed by atoms with Crippen LogP contribution < -0.4 is 4.74 Å². The maximum absolute atomic E-state index is 12.5. The predicted octanol–water partition coefficient (Wildman–Crippen LogP) is 3.40. The fourth-order valence-electron chi connectivity index (χ4n) is 2.93. The van der Waals surface area contributed by atoms with Gasteiger partial charge in [0.1, 0.15) is 5.75 Å². The molecule has 156 valence electrons. The fourth-order valence-corrected chi connectivity index (χ4v) is 4.38. The highest BCUT2D eigenvalue weighted by Gasteiger charge is 2.21. The maximum atomic E-state index is 12.5. The first-order valence-electron chi connectivity index (χ1n) is 9.48. The summed E-state index contributed by atoms with van der Waals surface area (Å²) in [6, 6.07) is 14.1. The summed E-state index contributed by atoms with van der Waals surface area (Å²) < 4.78 is 31.8. The molecule has 0 saturated carbocycles. The molecule has 2 aromatic carbocycles. The maximum Gasteiger partial charge on any atom is 0.246 e. The van der Waals surface area contributed by atoms with Crippen molar-refractivity contribution in [2.75, 3.05) is 27.2 Å². The SMILES string of the molecule is CCN(CC)S(=O)(=O)c1ccc(C=CC(=O)N(C)Cc2ccccc2OC)cc1. The van der Waals surface area contributed by atoms with Crippen molar-refractivity contribution in [1.82, 2.24) is 9.21 Å². The number of para-hydroxylation sites is 1. The third kappa shape index (κ3) is 5.68. The highest BCUT2D eigenvalue weighted by Crippen LogP contribution is 2.19. The van der Waals surface area contributed by atoms with Gasteiger partial charge in [-0.2, -0.15) is 4.31 Å². The molecule has 0 spiro atoms. The number of benzene rings is 2. The Labute approximate surface area is 173 Å². The molecule has 0 heterocycles. The van der Waals surface area contributed by atoms with Gasteiger partial charge in [-0.05, 0) is 29.8 Å². The Kier molecular flexibility index (Phi) is 7.99. The highest BCUT2D eigenvalue weighted by molar-refractivity contribution is 7.89. The van der Waals surface area contributed by atoms with E-state index in [1.165, 1.54) is 10.4 Å². The molecule has 7 heteroatoms. The fraction of sp³-hybridized carbons (Fsp3) is 0.318. The van der Waals surface area contributed by atoms with Gasteiger partial charge in [0.05, 0.1) is 12.0 Å². The monoisotopic (exact) mass is 416 g/mol. The van der Waals surface area contributed by atoms with Crippen LogP contribution in [0.1, 0.15) is 25.0 Å². The number of hydrogen-bond acceptors (Lipinski definition) is 4. The van der Waals surface area contributed by atoms with Crippen molar-refractivity contribution in [3.63, 3.8) is 0 Å². The Balaban J connectivity index is 2.06. The summed E-state index contributed by atoms with van der Waals surface area (Å²) in [5.74, 6) is 0.580. The summed E-state index contributed by atoms with van der Waals surface area (Å²) in [6.07, 6.45) is 3.15. The van der Waals surface area contributed by atoms with E-state index in [1.54, 1.807) is 49.4 Å². The molecule has 0 aliphatic carbocycles. The zero-order valence-electron chi connectivity index (χ0n) is 17.3. The number of amides is 1. The Morgan fingerprint density at radius 1 is 1.03 bits per heavy atom. The summed E-state index contributed by atoms with van der Waals surface area (Å²) in [7, 11) is -0.159. The third-order valence-corrected chi connectivity index (χ3v) is 6.68. The molecule has 0 unspecified atom stereocenters. The number of sulfonamides is 1. The van der Waals surface area contributed by atoms with Crippen LogP contribution in [0.25, 0.3) is 6.08 Å². The van der Waals surface area contributed by atoms with Crippen LogP contribution in [0.3, 0.4) is 0 Å². The summed E-state index contributed by atoms with van der Waals surface area (Å²) in [5.41, 5.74) is 1.67. The van der Waals surface area contributed by atoms with E-state index in [1.807, 2.05) is 38.1 Å². The second kappa shape index (κ2) is 10.2. The molecule has 0 bridgehead atoms. The highest BCUT2D eigenvalue weighted by atomic mass is 32.2. The third-order valence-electron chi connectivity index (χ3n) is 4.62. The first kappa shape index (κ1) is 22.6. The van der Waals surface area contributed by atoms with E-state index < -0.39 is 10.0 Å². The standard InChI is InChI=1S/C22H28N2O4S/c1-5-24(6-2)29(26,27)20-14-11-18(12-15-20)13-16-22(25)23(3)17-19-9-7-8-10-21(19)28-4/h7-16H,5-6,17H2,1-4H3. The largest absolute Gasteiger partial charge is 0.496 e. The van der Waals surface area contributed by atoms with Gasteiger partial charge in [0.25, 0.3) is 0 Å². The molecule has 2 aromatic rings. The summed E-state index contributed by atoms with van der Waals surface area (Å²) >= 11 is 0. The normalized spacial score (nSPS) is 11.8. The number of likely N-dealkylation sites (N-methyl/N-ethyl adjacent to an activating group) is 1.